The van der Waals surface area contributed by atoms with Crippen LogP contribution >= 0.6 is 11.3 Å². The molecule has 0 atom stereocenters. The third-order valence-corrected chi connectivity index (χ3v) is 5.94. The van der Waals surface area contributed by atoms with Gasteiger partial charge in [0.1, 0.15) is 11.6 Å². The van der Waals surface area contributed by atoms with Crippen LogP contribution in [0.4, 0.5) is 15.6 Å². The average Bonchev–Trinajstić information content (AvgIpc) is 3.11. The first-order valence-corrected chi connectivity index (χ1v) is 10.8. The van der Waals surface area contributed by atoms with E-state index in [1.54, 1.807) is 12.4 Å². The second kappa shape index (κ2) is 8.74. The summed E-state index contributed by atoms with van der Waals surface area (Å²) in [6.07, 6.45) is 8.17. The maximum Gasteiger partial charge on any atom is 0.411 e. The van der Waals surface area contributed by atoms with Crippen LogP contribution in [0.3, 0.4) is 0 Å². The summed E-state index contributed by atoms with van der Waals surface area (Å²) in [7, 11) is 0. The van der Waals surface area contributed by atoms with Crippen molar-refractivity contribution in [2.24, 2.45) is 0 Å². The topological polar surface area (TPSA) is 106 Å². The molecule has 1 fully saturated rings. The lowest BCUT2D eigenvalue weighted by molar-refractivity contribution is -0.114. The highest BCUT2D eigenvalue weighted by atomic mass is 32.1. The van der Waals surface area contributed by atoms with Crippen molar-refractivity contribution in [1.82, 2.24) is 15.0 Å². The second-order valence-corrected chi connectivity index (χ2v) is 8.42. The molecule has 156 valence electrons. The Bertz CT molecular complexity index is 1090. The number of aryl methyl sites for hydroxylation is 1. The van der Waals surface area contributed by atoms with Gasteiger partial charge in [-0.2, -0.15) is 0 Å². The number of aromatic nitrogens is 3. The number of nitrogens with one attached hydrogen (secondary N) is 2. The Kier molecular flexibility index (Phi) is 5.89. The van der Waals surface area contributed by atoms with E-state index in [-0.39, 0.29) is 12.0 Å². The highest BCUT2D eigenvalue weighted by Gasteiger charge is 2.18. The van der Waals surface area contributed by atoms with E-state index in [1.807, 2.05) is 19.1 Å². The number of anilines is 2. The molecule has 0 bridgehead atoms. The van der Waals surface area contributed by atoms with Crippen LogP contribution in [0.5, 0.6) is 0 Å². The first kappa shape index (κ1) is 20.2. The summed E-state index contributed by atoms with van der Waals surface area (Å²) in [6, 6.07) is 3.74. The number of nitrogens with zero attached hydrogens (tertiary/aromatic N) is 3. The molecule has 2 N–H and O–H groups in total. The van der Waals surface area contributed by atoms with Crippen molar-refractivity contribution < 1.29 is 14.3 Å². The predicted molar refractivity (Wildman–Crippen MR) is 117 cm³/mol. The molecule has 30 heavy (non-hydrogen) atoms. The molecule has 0 unspecified atom stereocenters. The van der Waals surface area contributed by atoms with Crippen LogP contribution in [0.25, 0.3) is 21.5 Å². The SMILES string of the molecule is CC(=O)Nc1nc2cnc(-c3cnc(C)c(NC(=O)OC4CCCCC4)c3)cc2s1. The van der Waals surface area contributed by atoms with Gasteiger partial charge in [0.2, 0.25) is 5.91 Å². The molecular weight excluding hydrogens is 402 g/mol. The molecule has 1 saturated carbocycles. The summed E-state index contributed by atoms with van der Waals surface area (Å²) in [5.74, 6) is -0.166. The predicted octanol–water partition coefficient (Wildman–Crippen LogP) is 4.90. The Morgan fingerprint density at radius 1 is 1.10 bits per heavy atom. The highest BCUT2D eigenvalue weighted by Crippen LogP contribution is 2.30. The molecule has 2 amide bonds. The standard InChI is InChI=1S/C21H23N5O3S/c1-12-16(26-21(28)29-15-6-4-3-5-7-15)8-14(10-22-12)17-9-19-18(11-23-17)25-20(30-19)24-13(2)27/h8-11,15H,3-7H2,1-2H3,(H,26,28)(H,24,25,27). The number of fused-ring (bicyclic) bond motifs is 1. The van der Waals surface area contributed by atoms with E-state index in [4.69, 9.17) is 4.74 Å². The third kappa shape index (κ3) is 4.73. The Balaban J connectivity index is 1.53. The van der Waals surface area contributed by atoms with Gasteiger partial charge in [-0.3, -0.25) is 20.1 Å². The number of amides is 2. The van der Waals surface area contributed by atoms with Crippen molar-refractivity contribution >= 4 is 44.4 Å². The fourth-order valence-electron chi connectivity index (χ4n) is 3.47. The van der Waals surface area contributed by atoms with E-state index >= 15 is 0 Å². The van der Waals surface area contributed by atoms with Gasteiger partial charge in [-0.05, 0) is 44.7 Å². The zero-order chi connectivity index (χ0) is 21.1. The molecule has 9 heteroatoms. The number of carbonyl (C=O) groups excluding carboxylic acids is 2. The van der Waals surface area contributed by atoms with Gasteiger partial charge in [-0.15, -0.1) is 0 Å². The molecule has 0 radical (unpaired) electrons. The number of carbonyl (C=O) groups is 2. The zero-order valence-corrected chi connectivity index (χ0v) is 17.7. The van der Waals surface area contributed by atoms with Crippen LogP contribution in [-0.4, -0.2) is 33.1 Å². The number of rotatable bonds is 4. The van der Waals surface area contributed by atoms with Gasteiger partial charge in [0.15, 0.2) is 5.13 Å². The van der Waals surface area contributed by atoms with Crippen LogP contribution < -0.4 is 10.6 Å². The van der Waals surface area contributed by atoms with Gasteiger partial charge < -0.3 is 10.1 Å². The van der Waals surface area contributed by atoms with Gasteiger partial charge in [-0.1, -0.05) is 17.8 Å². The lowest BCUT2D eigenvalue weighted by atomic mass is 9.98. The van der Waals surface area contributed by atoms with Crippen LogP contribution in [0.1, 0.15) is 44.7 Å². The fourth-order valence-corrected chi connectivity index (χ4v) is 4.39. The minimum atomic E-state index is -0.449. The maximum absolute atomic E-state index is 12.3. The van der Waals surface area contributed by atoms with Gasteiger partial charge in [0.25, 0.3) is 0 Å². The van der Waals surface area contributed by atoms with Gasteiger partial charge in [0.05, 0.1) is 28.0 Å². The molecule has 0 spiro atoms. The summed E-state index contributed by atoms with van der Waals surface area (Å²) in [5.41, 5.74) is 3.48. The minimum Gasteiger partial charge on any atom is -0.446 e. The summed E-state index contributed by atoms with van der Waals surface area (Å²) < 4.78 is 6.45. The molecule has 8 nitrogen and oxygen atoms in total. The van der Waals surface area contributed by atoms with Gasteiger partial charge >= 0.3 is 6.09 Å². The Morgan fingerprint density at radius 3 is 2.67 bits per heavy atom. The first-order valence-electron chi connectivity index (χ1n) is 9.97. The molecule has 3 aromatic rings. The monoisotopic (exact) mass is 425 g/mol. The van der Waals surface area contributed by atoms with Crippen molar-refractivity contribution in [3.8, 4) is 11.3 Å². The highest BCUT2D eigenvalue weighted by molar-refractivity contribution is 7.22. The Hall–Kier alpha value is -3.07. The van der Waals surface area contributed by atoms with Gasteiger partial charge in [-0.25, -0.2) is 9.78 Å². The average molecular weight is 426 g/mol. The number of hydrogen-bond acceptors (Lipinski definition) is 7. The van der Waals surface area contributed by atoms with E-state index in [0.717, 1.165) is 35.9 Å². The second-order valence-electron chi connectivity index (χ2n) is 7.38. The van der Waals surface area contributed by atoms with E-state index < -0.39 is 6.09 Å². The van der Waals surface area contributed by atoms with E-state index in [1.165, 1.54) is 24.7 Å². The molecule has 0 saturated heterocycles. The summed E-state index contributed by atoms with van der Waals surface area (Å²) in [5, 5.41) is 6.05. The molecule has 0 aromatic carbocycles. The van der Waals surface area contributed by atoms with E-state index in [2.05, 4.69) is 25.6 Å². The van der Waals surface area contributed by atoms with Crippen molar-refractivity contribution in [2.45, 2.75) is 52.1 Å². The Labute approximate surface area is 178 Å². The lowest BCUT2D eigenvalue weighted by Gasteiger charge is -2.22. The summed E-state index contributed by atoms with van der Waals surface area (Å²) in [6.45, 7) is 3.28. The lowest BCUT2D eigenvalue weighted by Crippen LogP contribution is -2.24. The van der Waals surface area contributed by atoms with Crippen LogP contribution in [0.15, 0.2) is 24.5 Å². The molecule has 3 aromatic heterocycles. The van der Waals surface area contributed by atoms with Crippen LogP contribution in [0.2, 0.25) is 0 Å². The molecule has 1 aliphatic carbocycles. The van der Waals surface area contributed by atoms with Crippen molar-refractivity contribution in [2.75, 3.05) is 10.6 Å². The number of hydrogen-bond donors (Lipinski definition) is 2. The van der Waals surface area contributed by atoms with Crippen molar-refractivity contribution in [3.63, 3.8) is 0 Å². The number of thiazole rings is 1. The minimum absolute atomic E-state index is 0.0107. The van der Waals surface area contributed by atoms with Gasteiger partial charge in [0, 0.05) is 18.7 Å². The molecule has 3 heterocycles. The smallest absolute Gasteiger partial charge is 0.411 e. The largest absolute Gasteiger partial charge is 0.446 e. The summed E-state index contributed by atoms with van der Waals surface area (Å²) in [4.78, 5) is 36.8. The molecular formula is C21H23N5O3S. The quantitative estimate of drug-likeness (QED) is 0.616. The molecule has 1 aliphatic rings. The Morgan fingerprint density at radius 2 is 1.90 bits per heavy atom. The molecule has 0 aliphatic heterocycles. The van der Waals surface area contributed by atoms with Crippen molar-refractivity contribution in [3.05, 3.63) is 30.2 Å². The van der Waals surface area contributed by atoms with Crippen molar-refractivity contribution in [1.29, 1.82) is 0 Å². The number of pyridine rings is 2. The normalized spacial score (nSPS) is 14.5. The first-order chi connectivity index (χ1) is 14.5. The molecule has 4 rings (SSSR count). The maximum atomic E-state index is 12.3. The zero-order valence-electron chi connectivity index (χ0n) is 16.9. The van der Waals surface area contributed by atoms with Crippen LogP contribution in [0, 0.1) is 6.92 Å². The van der Waals surface area contributed by atoms with E-state index in [9.17, 15) is 9.59 Å². The fraction of sp³-hybridized carbons (Fsp3) is 0.381. The van der Waals surface area contributed by atoms with Crippen LogP contribution in [-0.2, 0) is 9.53 Å². The number of ether oxygens (including phenoxy) is 1. The summed E-state index contributed by atoms with van der Waals surface area (Å²) >= 11 is 1.38. The van der Waals surface area contributed by atoms with E-state index in [0.29, 0.717) is 27.7 Å². The third-order valence-electron chi connectivity index (χ3n) is 5.00.